The summed E-state index contributed by atoms with van der Waals surface area (Å²) in [5.41, 5.74) is 7.06. The maximum atomic E-state index is 5.97. The first-order valence-corrected chi connectivity index (χ1v) is 4.54. The molecule has 0 radical (unpaired) electrons. The molecule has 0 fully saturated rings. The van der Waals surface area contributed by atoms with E-state index in [1.54, 1.807) is 0 Å². The second-order valence-electron chi connectivity index (χ2n) is 3.50. The normalized spacial score (nSPS) is 13.0. The fraction of sp³-hybridized carbons (Fsp3) is 0.500. The van der Waals surface area contributed by atoms with Crippen LogP contribution in [0.3, 0.4) is 0 Å². The Labute approximate surface area is 79.4 Å². The Morgan fingerprint density at radius 2 is 2.08 bits per heavy atom. The van der Waals surface area contributed by atoms with Gasteiger partial charge in [-0.25, -0.2) is 4.98 Å². The van der Waals surface area contributed by atoms with E-state index in [-0.39, 0.29) is 6.04 Å². The molecule has 1 aromatic rings. The minimum atomic E-state index is 0.0819. The van der Waals surface area contributed by atoms with Gasteiger partial charge in [0.2, 0.25) is 0 Å². The first-order valence-electron chi connectivity index (χ1n) is 4.54. The zero-order chi connectivity index (χ0) is 9.84. The molecule has 0 saturated heterocycles. The van der Waals surface area contributed by atoms with Gasteiger partial charge in [-0.2, -0.15) is 0 Å². The zero-order valence-corrected chi connectivity index (χ0v) is 8.41. The highest BCUT2D eigenvalue weighted by molar-refractivity contribution is 5.35. The van der Waals surface area contributed by atoms with Crippen molar-refractivity contribution in [1.29, 1.82) is 0 Å². The number of pyridine rings is 1. The third kappa shape index (κ3) is 2.42. The Morgan fingerprint density at radius 1 is 1.38 bits per heavy atom. The van der Waals surface area contributed by atoms with Gasteiger partial charge in [-0.15, -0.1) is 0 Å². The molecule has 1 unspecified atom stereocenters. The van der Waals surface area contributed by atoms with Crippen LogP contribution in [0.5, 0.6) is 0 Å². The molecule has 0 bridgehead atoms. The summed E-state index contributed by atoms with van der Waals surface area (Å²) in [5.74, 6) is 1.32. The summed E-state index contributed by atoms with van der Waals surface area (Å²) in [5, 5.41) is 2.97. The summed E-state index contributed by atoms with van der Waals surface area (Å²) in [6.45, 7) is 4.22. The second-order valence-corrected chi connectivity index (χ2v) is 3.50. The van der Waals surface area contributed by atoms with Crippen LogP contribution in [0.25, 0.3) is 0 Å². The summed E-state index contributed by atoms with van der Waals surface area (Å²) in [6.07, 6.45) is 1.83. The lowest BCUT2D eigenvalue weighted by Gasteiger charge is -2.15. The Balaban J connectivity index is 2.79. The molecule has 0 aromatic carbocycles. The van der Waals surface area contributed by atoms with E-state index in [4.69, 9.17) is 5.73 Å². The van der Waals surface area contributed by atoms with Crippen molar-refractivity contribution in [1.82, 2.24) is 4.98 Å². The topological polar surface area (TPSA) is 50.9 Å². The number of nitrogens with two attached hydrogens (primary N) is 1. The molecular weight excluding hydrogens is 162 g/mol. The molecular formula is C10H17N3. The molecule has 0 aliphatic carbocycles. The quantitative estimate of drug-likeness (QED) is 0.743. The van der Waals surface area contributed by atoms with Crippen molar-refractivity contribution in [2.45, 2.75) is 19.9 Å². The average molecular weight is 179 g/mol. The standard InChI is InChI=1S/C10H17N3/c1-7(2)10(11)8-4-5-9(12-3)13-6-8/h4-7,10H,11H2,1-3H3,(H,12,13). The van der Waals surface area contributed by atoms with E-state index in [0.717, 1.165) is 11.4 Å². The van der Waals surface area contributed by atoms with E-state index in [0.29, 0.717) is 5.92 Å². The van der Waals surface area contributed by atoms with Gasteiger partial charge in [-0.3, -0.25) is 0 Å². The predicted octanol–water partition coefficient (Wildman–Crippen LogP) is 1.78. The van der Waals surface area contributed by atoms with E-state index >= 15 is 0 Å². The van der Waals surface area contributed by atoms with Gasteiger partial charge >= 0.3 is 0 Å². The molecule has 1 aromatic heterocycles. The van der Waals surface area contributed by atoms with Crippen molar-refractivity contribution in [2.24, 2.45) is 11.7 Å². The van der Waals surface area contributed by atoms with Gasteiger partial charge in [0.15, 0.2) is 0 Å². The molecule has 0 amide bonds. The van der Waals surface area contributed by atoms with Gasteiger partial charge in [0, 0.05) is 19.3 Å². The fourth-order valence-electron chi connectivity index (χ4n) is 1.14. The Morgan fingerprint density at radius 3 is 2.46 bits per heavy atom. The highest BCUT2D eigenvalue weighted by Crippen LogP contribution is 2.18. The van der Waals surface area contributed by atoms with Crippen LogP contribution in [0.1, 0.15) is 25.5 Å². The molecule has 1 rings (SSSR count). The summed E-state index contributed by atoms with van der Waals surface area (Å²) < 4.78 is 0. The highest BCUT2D eigenvalue weighted by atomic mass is 14.9. The Kier molecular flexibility index (Phi) is 3.25. The van der Waals surface area contributed by atoms with Crippen molar-refractivity contribution >= 4 is 5.82 Å². The molecule has 13 heavy (non-hydrogen) atoms. The molecule has 0 aliphatic heterocycles. The van der Waals surface area contributed by atoms with E-state index in [2.05, 4.69) is 24.1 Å². The minimum absolute atomic E-state index is 0.0819. The number of hydrogen-bond donors (Lipinski definition) is 2. The molecule has 3 N–H and O–H groups in total. The number of anilines is 1. The maximum absolute atomic E-state index is 5.97. The highest BCUT2D eigenvalue weighted by Gasteiger charge is 2.09. The van der Waals surface area contributed by atoms with E-state index < -0.39 is 0 Å². The second kappa shape index (κ2) is 4.23. The molecule has 72 valence electrons. The lowest BCUT2D eigenvalue weighted by atomic mass is 9.99. The van der Waals surface area contributed by atoms with Crippen molar-refractivity contribution in [3.8, 4) is 0 Å². The molecule has 3 nitrogen and oxygen atoms in total. The molecule has 1 heterocycles. The smallest absolute Gasteiger partial charge is 0.125 e. The van der Waals surface area contributed by atoms with Crippen LogP contribution in [0.2, 0.25) is 0 Å². The van der Waals surface area contributed by atoms with Gasteiger partial charge in [0.25, 0.3) is 0 Å². The molecule has 0 spiro atoms. The third-order valence-electron chi connectivity index (χ3n) is 2.15. The van der Waals surface area contributed by atoms with Crippen LogP contribution < -0.4 is 11.1 Å². The third-order valence-corrected chi connectivity index (χ3v) is 2.15. The van der Waals surface area contributed by atoms with Crippen molar-refractivity contribution < 1.29 is 0 Å². The van der Waals surface area contributed by atoms with E-state index in [1.165, 1.54) is 0 Å². The number of nitrogens with zero attached hydrogens (tertiary/aromatic N) is 1. The largest absolute Gasteiger partial charge is 0.373 e. The van der Waals surface area contributed by atoms with Gasteiger partial charge < -0.3 is 11.1 Å². The molecule has 3 heteroatoms. The molecule has 1 atom stereocenters. The van der Waals surface area contributed by atoms with Crippen LogP contribution in [-0.4, -0.2) is 12.0 Å². The van der Waals surface area contributed by atoms with Crippen LogP contribution in [0.4, 0.5) is 5.82 Å². The maximum Gasteiger partial charge on any atom is 0.125 e. The van der Waals surface area contributed by atoms with Gasteiger partial charge in [-0.1, -0.05) is 19.9 Å². The van der Waals surface area contributed by atoms with Crippen LogP contribution in [-0.2, 0) is 0 Å². The minimum Gasteiger partial charge on any atom is -0.373 e. The van der Waals surface area contributed by atoms with Crippen LogP contribution >= 0.6 is 0 Å². The Bertz CT molecular complexity index is 253. The average Bonchev–Trinajstić information content (AvgIpc) is 2.17. The van der Waals surface area contributed by atoms with Crippen LogP contribution in [0.15, 0.2) is 18.3 Å². The van der Waals surface area contributed by atoms with Gasteiger partial charge in [0.1, 0.15) is 5.82 Å². The van der Waals surface area contributed by atoms with E-state index in [9.17, 15) is 0 Å². The molecule has 0 aliphatic rings. The number of rotatable bonds is 3. The first-order chi connectivity index (χ1) is 6.15. The summed E-state index contributed by atoms with van der Waals surface area (Å²) in [7, 11) is 1.85. The molecule has 0 saturated carbocycles. The van der Waals surface area contributed by atoms with Gasteiger partial charge in [-0.05, 0) is 17.5 Å². The number of hydrogen-bond acceptors (Lipinski definition) is 3. The SMILES string of the molecule is CNc1ccc(C(N)C(C)C)cn1. The monoisotopic (exact) mass is 179 g/mol. The lowest BCUT2D eigenvalue weighted by molar-refractivity contribution is 0.513. The Hall–Kier alpha value is -1.09. The summed E-state index contributed by atoms with van der Waals surface area (Å²) >= 11 is 0. The van der Waals surface area contributed by atoms with Crippen molar-refractivity contribution in [2.75, 3.05) is 12.4 Å². The fourth-order valence-corrected chi connectivity index (χ4v) is 1.14. The van der Waals surface area contributed by atoms with E-state index in [1.807, 2.05) is 25.4 Å². The predicted molar refractivity (Wildman–Crippen MR) is 55.6 cm³/mol. The summed E-state index contributed by atoms with van der Waals surface area (Å²) in [6, 6.07) is 4.04. The number of nitrogens with one attached hydrogen (secondary N) is 1. The lowest BCUT2D eigenvalue weighted by Crippen LogP contribution is -2.16. The number of aromatic nitrogens is 1. The zero-order valence-electron chi connectivity index (χ0n) is 8.41. The van der Waals surface area contributed by atoms with Crippen molar-refractivity contribution in [3.05, 3.63) is 23.9 Å². The summed E-state index contributed by atoms with van der Waals surface area (Å²) in [4.78, 5) is 4.21. The van der Waals surface area contributed by atoms with Gasteiger partial charge in [0.05, 0.1) is 0 Å². The van der Waals surface area contributed by atoms with Crippen LogP contribution in [0, 0.1) is 5.92 Å². The first kappa shape index (κ1) is 9.99. The van der Waals surface area contributed by atoms with Crippen molar-refractivity contribution in [3.63, 3.8) is 0 Å².